The molecule has 3 atom stereocenters. The molecule has 3 heterocycles. The number of nitriles is 1. The highest BCUT2D eigenvalue weighted by atomic mass is 16.5. The van der Waals surface area contributed by atoms with Crippen LogP contribution in [0.15, 0.2) is 24.3 Å². The Morgan fingerprint density at radius 2 is 1.63 bits per heavy atom. The van der Waals surface area contributed by atoms with Crippen molar-refractivity contribution in [3.05, 3.63) is 29.8 Å². The summed E-state index contributed by atoms with van der Waals surface area (Å²) in [6, 6.07) is 8.53. The number of hydrogen-bond acceptors (Lipinski definition) is 7. The highest BCUT2D eigenvalue weighted by Crippen LogP contribution is 2.29. The van der Waals surface area contributed by atoms with Crippen LogP contribution in [0.5, 0.6) is 5.75 Å². The molecule has 38 heavy (non-hydrogen) atoms. The van der Waals surface area contributed by atoms with E-state index in [0.717, 1.165) is 72.0 Å². The molecule has 3 amide bonds. The molecule has 4 rings (SSSR count). The minimum absolute atomic E-state index is 0.151. The fourth-order valence-corrected chi connectivity index (χ4v) is 6.21. The standard InChI is InChI=1S/C28H43N7O3/c1-22(36)35-12-10-32(11-13-35)8-3-9-33-16-24-14-25(17-33)19-34(18-24)20-26(31(2)28(30)37)21-38-27-6-4-23(15-29)5-7-27/h4-7,24-26H,3,8-14,16-21H2,1-2H3,(H2,30,37). The Labute approximate surface area is 226 Å². The molecule has 2 N–H and O–H groups in total. The van der Waals surface area contributed by atoms with E-state index < -0.39 is 6.03 Å². The molecule has 0 aromatic heterocycles. The molecular weight excluding hydrogens is 482 g/mol. The predicted molar refractivity (Wildman–Crippen MR) is 146 cm³/mol. The summed E-state index contributed by atoms with van der Waals surface area (Å²) in [5.74, 6) is 2.14. The third-order valence-electron chi connectivity index (χ3n) is 8.29. The number of rotatable bonds is 10. The maximum atomic E-state index is 12.0. The molecule has 1 aromatic rings. The zero-order valence-corrected chi connectivity index (χ0v) is 22.9. The van der Waals surface area contributed by atoms with Crippen LogP contribution in [0.4, 0.5) is 4.79 Å². The Morgan fingerprint density at radius 1 is 1.03 bits per heavy atom. The van der Waals surface area contributed by atoms with Gasteiger partial charge in [-0.15, -0.1) is 0 Å². The van der Waals surface area contributed by atoms with E-state index in [9.17, 15) is 9.59 Å². The van der Waals surface area contributed by atoms with Gasteiger partial charge in [0.25, 0.3) is 0 Å². The molecule has 208 valence electrons. The largest absolute Gasteiger partial charge is 0.491 e. The van der Waals surface area contributed by atoms with E-state index in [1.165, 1.54) is 12.8 Å². The van der Waals surface area contributed by atoms with Gasteiger partial charge in [0.15, 0.2) is 0 Å². The number of likely N-dealkylation sites (tertiary alicyclic amines) is 2. The summed E-state index contributed by atoms with van der Waals surface area (Å²) < 4.78 is 5.99. The molecule has 3 aliphatic rings. The maximum absolute atomic E-state index is 12.0. The zero-order valence-electron chi connectivity index (χ0n) is 22.9. The second-order valence-corrected chi connectivity index (χ2v) is 11.2. The van der Waals surface area contributed by atoms with Crippen LogP contribution in [-0.2, 0) is 4.79 Å². The molecule has 3 saturated heterocycles. The average molecular weight is 526 g/mol. The highest BCUT2D eigenvalue weighted by molar-refractivity contribution is 5.73. The van der Waals surface area contributed by atoms with Crippen molar-refractivity contribution < 1.29 is 14.3 Å². The van der Waals surface area contributed by atoms with E-state index in [-0.39, 0.29) is 11.9 Å². The minimum atomic E-state index is -0.454. The summed E-state index contributed by atoms with van der Waals surface area (Å²) in [6.45, 7) is 12.9. The van der Waals surface area contributed by atoms with Crippen molar-refractivity contribution in [1.82, 2.24) is 24.5 Å². The van der Waals surface area contributed by atoms with Crippen LogP contribution in [-0.4, -0.2) is 128 Å². The van der Waals surface area contributed by atoms with Crippen molar-refractivity contribution in [2.24, 2.45) is 17.6 Å². The van der Waals surface area contributed by atoms with Gasteiger partial charge in [0.1, 0.15) is 12.4 Å². The van der Waals surface area contributed by atoms with Gasteiger partial charge in [-0.1, -0.05) is 0 Å². The number of urea groups is 1. The summed E-state index contributed by atoms with van der Waals surface area (Å²) in [7, 11) is 1.74. The molecule has 1 aromatic carbocycles. The Balaban J connectivity index is 1.22. The number of nitrogens with zero attached hydrogens (tertiary/aromatic N) is 6. The fraction of sp³-hybridized carbons (Fsp3) is 0.679. The first-order valence-electron chi connectivity index (χ1n) is 13.9. The van der Waals surface area contributed by atoms with E-state index in [0.29, 0.717) is 29.8 Å². The van der Waals surface area contributed by atoms with Gasteiger partial charge in [-0.2, -0.15) is 5.26 Å². The number of carbonyl (C=O) groups excluding carboxylic acids is 2. The Morgan fingerprint density at radius 3 is 2.21 bits per heavy atom. The van der Waals surface area contributed by atoms with Crippen molar-refractivity contribution in [2.45, 2.75) is 25.8 Å². The van der Waals surface area contributed by atoms with E-state index in [1.807, 2.05) is 4.90 Å². The number of primary amides is 1. The van der Waals surface area contributed by atoms with Crippen molar-refractivity contribution in [3.8, 4) is 11.8 Å². The van der Waals surface area contributed by atoms with Crippen molar-refractivity contribution in [3.63, 3.8) is 0 Å². The summed E-state index contributed by atoms with van der Waals surface area (Å²) in [5, 5.41) is 9.00. The van der Waals surface area contributed by atoms with Crippen LogP contribution in [0.1, 0.15) is 25.3 Å². The van der Waals surface area contributed by atoms with Crippen molar-refractivity contribution in [2.75, 3.05) is 85.6 Å². The van der Waals surface area contributed by atoms with Crippen LogP contribution < -0.4 is 10.5 Å². The monoisotopic (exact) mass is 525 g/mol. The number of piperidine rings is 2. The lowest BCUT2D eigenvalue weighted by Crippen LogP contribution is -2.57. The molecule has 0 saturated carbocycles. The molecule has 10 nitrogen and oxygen atoms in total. The van der Waals surface area contributed by atoms with Crippen LogP contribution in [0.3, 0.4) is 0 Å². The Hall–Kier alpha value is -2.87. The molecule has 3 fully saturated rings. The molecule has 2 bridgehead atoms. The average Bonchev–Trinajstić information content (AvgIpc) is 2.90. The second-order valence-electron chi connectivity index (χ2n) is 11.2. The summed E-state index contributed by atoms with van der Waals surface area (Å²) in [4.78, 5) is 34.7. The van der Waals surface area contributed by atoms with Gasteiger partial charge < -0.3 is 30.1 Å². The number of benzene rings is 1. The van der Waals surface area contributed by atoms with Gasteiger partial charge in [0, 0.05) is 72.9 Å². The lowest BCUT2D eigenvalue weighted by Gasteiger charge is -2.47. The summed E-state index contributed by atoms with van der Waals surface area (Å²) in [6.07, 6.45) is 2.44. The SMILES string of the molecule is CC(=O)N1CCN(CCCN2CC3CC(C2)CN(CC(COc2ccc(C#N)cc2)N(C)C(N)=O)C3)CC1. The number of ether oxygens (including phenoxy) is 1. The number of amides is 3. The van der Waals surface area contributed by atoms with E-state index in [4.69, 9.17) is 15.7 Å². The van der Waals surface area contributed by atoms with Crippen LogP contribution >= 0.6 is 0 Å². The highest BCUT2D eigenvalue weighted by Gasteiger charge is 2.35. The minimum Gasteiger partial charge on any atom is -0.491 e. The molecular formula is C28H43N7O3. The van der Waals surface area contributed by atoms with E-state index in [2.05, 4.69) is 20.8 Å². The number of piperazine rings is 1. The first-order valence-corrected chi connectivity index (χ1v) is 13.9. The number of carbonyl (C=O) groups is 2. The Bertz CT molecular complexity index is 960. The van der Waals surface area contributed by atoms with Crippen molar-refractivity contribution >= 4 is 11.9 Å². The first-order chi connectivity index (χ1) is 18.3. The number of fused-ring (bicyclic) bond motifs is 2. The predicted octanol–water partition coefficient (Wildman–Crippen LogP) is 1.12. The van der Waals surface area contributed by atoms with Crippen molar-refractivity contribution in [1.29, 1.82) is 5.26 Å². The molecule has 3 aliphatic heterocycles. The summed E-state index contributed by atoms with van der Waals surface area (Å²) in [5.41, 5.74) is 6.22. The van der Waals surface area contributed by atoms with Crippen LogP contribution in [0, 0.1) is 23.2 Å². The van der Waals surface area contributed by atoms with Gasteiger partial charge >= 0.3 is 6.03 Å². The zero-order chi connectivity index (χ0) is 27.1. The van der Waals surface area contributed by atoms with Gasteiger partial charge in [-0.05, 0) is 62.0 Å². The van der Waals surface area contributed by atoms with Gasteiger partial charge in [0.05, 0.1) is 17.7 Å². The molecule has 0 aliphatic carbocycles. The number of hydrogen-bond donors (Lipinski definition) is 1. The Kier molecular flexibility index (Phi) is 9.83. The normalized spacial score (nSPS) is 23.4. The lowest BCUT2D eigenvalue weighted by atomic mass is 9.84. The van der Waals surface area contributed by atoms with Crippen LogP contribution in [0.25, 0.3) is 0 Å². The quantitative estimate of drug-likeness (QED) is 0.488. The van der Waals surface area contributed by atoms with Crippen LogP contribution in [0.2, 0.25) is 0 Å². The fourth-order valence-electron chi connectivity index (χ4n) is 6.21. The topological polar surface area (TPSA) is 109 Å². The van der Waals surface area contributed by atoms with E-state index in [1.54, 1.807) is 43.1 Å². The lowest BCUT2D eigenvalue weighted by molar-refractivity contribution is -0.130. The smallest absolute Gasteiger partial charge is 0.314 e. The van der Waals surface area contributed by atoms with Gasteiger partial charge in [-0.3, -0.25) is 9.69 Å². The van der Waals surface area contributed by atoms with Gasteiger partial charge in [-0.25, -0.2) is 4.79 Å². The van der Waals surface area contributed by atoms with E-state index >= 15 is 0 Å². The third kappa shape index (κ3) is 7.82. The summed E-state index contributed by atoms with van der Waals surface area (Å²) >= 11 is 0. The molecule has 0 radical (unpaired) electrons. The molecule has 0 spiro atoms. The number of nitrogens with two attached hydrogens (primary N) is 1. The molecule has 3 unspecified atom stereocenters. The third-order valence-corrected chi connectivity index (χ3v) is 8.29. The second kappa shape index (κ2) is 13.3. The molecule has 10 heteroatoms. The van der Waals surface area contributed by atoms with Gasteiger partial charge in [0.2, 0.25) is 5.91 Å². The maximum Gasteiger partial charge on any atom is 0.314 e. The number of likely N-dealkylation sites (N-methyl/N-ethyl adjacent to an activating group) is 1. The first kappa shape index (κ1) is 28.1.